The molecule has 2 unspecified atom stereocenters. The summed E-state index contributed by atoms with van der Waals surface area (Å²) in [5, 5.41) is 0. The van der Waals surface area contributed by atoms with E-state index in [0.717, 1.165) is 11.1 Å². The van der Waals surface area contributed by atoms with Crippen LogP contribution in [0.2, 0.25) is 0 Å². The van der Waals surface area contributed by atoms with Crippen molar-refractivity contribution in [2.75, 3.05) is 0 Å². The van der Waals surface area contributed by atoms with E-state index in [4.69, 9.17) is 9.05 Å². The molecule has 2 aromatic rings. The van der Waals surface area contributed by atoms with Crippen LogP contribution >= 0.6 is 8.60 Å². The molecular weight excluding hydrogens is 271 g/mol. The molecule has 0 saturated heterocycles. The Balaban J connectivity index is 1.88. The Kier molecular flexibility index (Phi) is 5.69. The molecule has 0 saturated carbocycles. The fraction of sp³-hybridized carbons (Fsp3) is 0.250. The van der Waals surface area contributed by atoms with Crippen molar-refractivity contribution in [1.82, 2.24) is 0 Å². The Bertz CT molecular complexity index is 456. The van der Waals surface area contributed by atoms with Crippen LogP contribution in [0.1, 0.15) is 37.2 Å². The van der Waals surface area contributed by atoms with Crippen molar-refractivity contribution in [3.63, 3.8) is 0 Å². The summed E-state index contributed by atoms with van der Waals surface area (Å²) in [6.07, 6.45) is -0.398. The third kappa shape index (κ3) is 4.39. The summed E-state index contributed by atoms with van der Waals surface area (Å²) in [4.78, 5) is 9.93. The normalized spacial score (nSPS) is 15.6. The van der Waals surface area contributed by atoms with E-state index < -0.39 is 8.60 Å². The van der Waals surface area contributed by atoms with Crippen molar-refractivity contribution in [2.45, 2.75) is 26.1 Å². The van der Waals surface area contributed by atoms with Crippen molar-refractivity contribution < 1.29 is 13.9 Å². The molecule has 20 heavy (non-hydrogen) atoms. The molecule has 2 atom stereocenters. The molecule has 2 aromatic carbocycles. The Morgan fingerprint density at radius 1 is 0.750 bits per heavy atom. The molecule has 1 N–H and O–H groups in total. The minimum atomic E-state index is -1.91. The summed E-state index contributed by atoms with van der Waals surface area (Å²) in [7, 11) is -1.91. The first kappa shape index (κ1) is 15.1. The van der Waals surface area contributed by atoms with Crippen LogP contribution in [0.4, 0.5) is 0 Å². The standard InChI is InChI=1S/C16H19O3P/c1-13(15-9-5-3-6-10-15)18-20(17)19-14(2)16-11-7-4-8-12-16/h3-14,17H,1-2H3. The lowest BCUT2D eigenvalue weighted by atomic mass is 10.1. The SMILES string of the molecule is CC(OP(O)OC(C)c1ccccc1)c1ccccc1. The molecule has 0 radical (unpaired) electrons. The molecule has 0 aromatic heterocycles. The van der Waals surface area contributed by atoms with Gasteiger partial charge in [-0.1, -0.05) is 60.7 Å². The molecular formula is C16H19O3P. The van der Waals surface area contributed by atoms with E-state index in [-0.39, 0.29) is 12.2 Å². The molecule has 0 spiro atoms. The molecule has 2 rings (SSSR count). The summed E-state index contributed by atoms with van der Waals surface area (Å²) in [6, 6.07) is 19.6. The van der Waals surface area contributed by atoms with E-state index in [1.165, 1.54) is 0 Å². The molecule has 0 aliphatic heterocycles. The molecule has 0 bridgehead atoms. The Labute approximate surface area is 121 Å². The van der Waals surface area contributed by atoms with E-state index in [1.54, 1.807) is 0 Å². The Morgan fingerprint density at radius 3 is 1.45 bits per heavy atom. The summed E-state index contributed by atoms with van der Waals surface area (Å²) >= 11 is 0. The van der Waals surface area contributed by atoms with E-state index >= 15 is 0 Å². The van der Waals surface area contributed by atoms with E-state index in [2.05, 4.69) is 0 Å². The molecule has 0 heterocycles. The fourth-order valence-electron chi connectivity index (χ4n) is 1.87. The van der Waals surface area contributed by atoms with Gasteiger partial charge < -0.3 is 13.9 Å². The van der Waals surface area contributed by atoms with Gasteiger partial charge in [0.1, 0.15) is 0 Å². The molecule has 0 amide bonds. The zero-order valence-corrected chi connectivity index (χ0v) is 12.5. The van der Waals surface area contributed by atoms with Crippen molar-refractivity contribution >= 4 is 8.60 Å². The smallest absolute Gasteiger partial charge is 0.328 e. The van der Waals surface area contributed by atoms with Gasteiger partial charge in [0.25, 0.3) is 0 Å². The van der Waals surface area contributed by atoms with Crippen LogP contribution in [0, 0.1) is 0 Å². The molecule has 106 valence electrons. The molecule has 0 aliphatic carbocycles. The topological polar surface area (TPSA) is 38.7 Å². The maximum Gasteiger partial charge on any atom is 0.331 e. The summed E-state index contributed by atoms with van der Waals surface area (Å²) in [5.41, 5.74) is 2.04. The van der Waals surface area contributed by atoms with E-state index in [1.807, 2.05) is 74.5 Å². The van der Waals surface area contributed by atoms with Gasteiger partial charge in [0.2, 0.25) is 0 Å². The van der Waals surface area contributed by atoms with Gasteiger partial charge in [-0.3, -0.25) is 0 Å². The van der Waals surface area contributed by atoms with Gasteiger partial charge in [-0.25, -0.2) is 0 Å². The van der Waals surface area contributed by atoms with Gasteiger partial charge in [0.15, 0.2) is 0 Å². The zero-order valence-electron chi connectivity index (χ0n) is 11.6. The third-order valence-corrected chi connectivity index (χ3v) is 4.03. The molecule has 0 aliphatic rings. The van der Waals surface area contributed by atoms with Crippen LogP contribution < -0.4 is 0 Å². The largest absolute Gasteiger partial charge is 0.331 e. The van der Waals surface area contributed by atoms with Crippen molar-refractivity contribution in [2.24, 2.45) is 0 Å². The maximum absolute atomic E-state index is 9.93. The second kappa shape index (κ2) is 7.51. The van der Waals surface area contributed by atoms with Crippen LogP contribution in [0.25, 0.3) is 0 Å². The van der Waals surface area contributed by atoms with E-state index in [9.17, 15) is 4.89 Å². The predicted octanol–water partition coefficient (Wildman–Crippen LogP) is 4.76. The number of rotatable bonds is 6. The predicted molar refractivity (Wildman–Crippen MR) is 81.0 cm³/mol. The van der Waals surface area contributed by atoms with Gasteiger partial charge >= 0.3 is 8.60 Å². The Hall–Kier alpha value is -1.25. The minimum absolute atomic E-state index is 0.199. The first-order chi connectivity index (χ1) is 9.66. The van der Waals surface area contributed by atoms with Crippen LogP contribution in [0.15, 0.2) is 60.7 Å². The second-order valence-electron chi connectivity index (χ2n) is 4.55. The quantitative estimate of drug-likeness (QED) is 0.779. The van der Waals surface area contributed by atoms with Crippen LogP contribution in [0.5, 0.6) is 0 Å². The van der Waals surface area contributed by atoms with Crippen LogP contribution in [-0.2, 0) is 9.05 Å². The minimum Gasteiger partial charge on any atom is -0.328 e. The van der Waals surface area contributed by atoms with Crippen LogP contribution in [0.3, 0.4) is 0 Å². The maximum atomic E-state index is 9.93. The number of hydrogen-bond acceptors (Lipinski definition) is 3. The monoisotopic (exact) mass is 290 g/mol. The first-order valence-electron chi connectivity index (χ1n) is 6.59. The van der Waals surface area contributed by atoms with Crippen molar-refractivity contribution in [1.29, 1.82) is 0 Å². The fourth-order valence-corrected chi connectivity index (χ4v) is 2.70. The summed E-state index contributed by atoms with van der Waals surface area (Å²) in [6.45, 7) is 3.80. The highest BCUT2D eigenvalue weighted by molar-refractivity contribution is 7.40. The number of benzene rings is 2. The first-order valence-corrected chi connectivity index (χ1v) is 7.72. The lowest BCUT2D eigenvalue weighted by Crippen LogP contribution is -2.01. The Morgan fingerprint density at radius 2 is 1.10 bits per heavy atom. The number of hydrogen-bond donors (Lipinski definition) is 1. The molecule has 3 nitrogen and oxygen atoms in total. The van der Waals surface area contributed by atoms with Gasteiger partial charge in [-0.05, 0) is 25.0 Å². The van der Waals surface area contributed by atoms with Gasteiger partial charge in [-0.15, -0.1) is 0 Å². The molecule has 0 fully saturated rings. The average molecular weight is 290 g/mol. The third-order valence-electron chi connectivity index (χ3n) is 3.03. The summed E-state index contributed by atoms with van der Waals surface area (Å²) in [5.74, 6) is 0. The van der Waals surface area contributed by atoms with Gasteiger partial charge in [-0.2, -0.15) is 0 Å². The highest BCUT2D eigenvalue weighted by atomic mass is 31.2. The lowest BCUT2D eigenvalue weighted by Gasteiger charge is -2.20. The highest BCUT2D eigenvalue weighted by Gasteiger charge is 2.18. The van der Waals surface area contributed by atoms with Crippen molar-refractivity contribution in [3.05, 3.63) is 71.8 Å². The van der Waals surface area contributed by atoms with Crippen molar-refractivity contribution in [3.8, 4) is 0 Å². The summed E-state index contributed by atoms with van der Waals surface area (Å²) < 4.78 is 11.1. The van der Waals surface area contributed by atoms with Gasteiger partial charge in [0, 0.05) is 0 Å². The lowest BCUT2D eigenvalue weighted by molar-refractivity contribution is 0.125. The average Bonchev–Trinajstić information content (AvgIpc) is 2.49. The zero-order chi connectivity index (χ0) is 14.4. The molecule has 4 heteroatoms. The second-order valence-corrected chi connectivity index (χ2v) is 5.45. The van der Waals surface area contributed by atoms with Gasteiger partial charge in [0.05, 0.1) is 12.2 Å². The highest BCUT2D eigenvalue weighted by Crippen LogP contribution is 2.43. The van der Waals surface area contributed by atoms with Crippen LogP contribution in [-0.4, -0.2) is 4.89 Å². The van der Waals surface area contributed by atoms with E-state index in [0.29, 0.717) is 0 Å².